The zero-order valence-corrected chi connectivity index (χ0v) is 11.7. The number of benzene rings is 1. The Morgan fingerprint density at radius 2 is 2.29 bits per heavy atom. The monoisotopic (exact) mass is 290 g/mol. The molecule has 1 fully saturated rings. The molecule has 0 radical (unpaired) electrons. The molecule has 1 aromatic carbocycles. The van der Waals surface area contributed by atoms with Crippen molar-refractivity contribution >= 4 is 16.9 Å². The van der Waals surface area contributed by atoms with E-state index in [0.29, 0.717) is 24.2 Å². The Morgan fingerprint density at radius 3 is 3.14 bits per heavy atom. The van der Waals surface area contributed by atoms with Crippen LogP contribution in [0.5, 0.6) is 0 Å². The van der Waals surface area contributed by atoms with Crippen LogP contribution in [-0.4, -0.2) is 63.7 Å². The Balaban J connectivity index is 1.71. The van der Waals surface area contributed by atoms with Crippen LogP contribution in [-0.2, 0) is 4.74 Å². The lowest BCUT2D eigenvalue weighted by Crippen LogP contribution is -2.43. The van der Waals surface area contributed by atoms with Crippen LogP contribution in [0, 0.1) is 0 Å². The quantitative estimate of drug-likeness (QED) is 0.859. The van der Waals surface area contributed by atoms with E-state index in [0.717, 1.165) is 24.9 Å². The van der Waals surface area contributed by atoms with Gasteiger partial charge in [-0.05, 0) is 31.0 Å². The van der Waals surface area contributed by atoms with Gasteiger partial charge >= 0.3 is 0 Å². The maximum Gasteiger partial charge on any atom is 0.254 e. The van der Waals surface area contributed by atoms with Gasteiger partial charge in [0.05, 0.1) is 19.3 Å². The fourth-order valence-corrected chi connectivity index (χ4v) is 2.63. The standard InChI is InChI=1S/C14H18N4O3/c19-6-7-21-11-2-1-5-18(9-11)14(20)10-3-4-12-13(8-10)16-17-15-12/h3-4,8,11,19H,1-2,5-7,9H2,(H,15,16,17). The summed E-state index contributed by atoms with van der Waals surface area (Å²) in [6, 6.07) is 5.31. The number of aromatic nitrogens is 3. The lowest BCUT2D eigenvalue weighted by Gasteiger charge is -2.32. The lowest BCUT2D eigenvalue weighted by atomic mass is 10.1. The predicted octanol–water partition coefficient (Wildman–Crippen LogP) is 0.571. The first-order valence-corrected chi connectivity index (χ1v) is 7.10. The summed E-state index contributed by atoms with van der Waals surface area (Å²) < 4.78 is 5.53. The van der Waals surface area contributed by atoms with Crippen LogP contribution in [0.25, 0.3) is 11.0 Å². The highest BCUT2D eigenvalue weighted by Gasteiger charge is 2.25. The van der Waals surface area contributed by atoms with Gasteiger partial charge in [0.1, 0.15) is 11.0 Å². The number of hydrogen-bond acceptors (Lipinski definition) is 5. The molecule has 1 aromatic heterocycles. The van der Waals surface area contributed by atoms with E-state index in [9.17, 15) is 4.79 Å². The molecule has 21 heavy (non-hydrogen) atoms. The maximum absolute atomic E-state index is 12.5. The van der Waals surface area contributed by atoms with Crippen molar-refractivity contribution in [2.45, 2.75) is 18.9 Å². The van der Waals surface area contributed by atoms with E-state index >= 15 is 0 Å². The number of aliphatic hydroxyl groups excluding tert-OH is 1. The summed E-state index contributed by atoms with van der Waals surface area (Å²) in [5.74, 6) is -0.0165. The zero-order chi connectivity index (χ0) is 14.7. The number of rotatable bonds is 4. The molecule has 2 heterocycles. The third kappa shape index (κ3) is 3.03. The number of likely N-dealkylation sites (tertiary alicyclic amines) is 1. The summed E-state index contributed by atoms with van der Waals surface area (Å²) in [7, 11) is 0. The molecule has 1 amide bonds. The van der Waals surface area contributed by atoms with Gasteiger partial charge in [-0.25, -0.2) is 0 Å². The first kappa shape index (κ1) is 14.0. The van der Waals surface area contributed by atoms with Crippen molar-refractivity contribution in [2.75, 3.05) is 26.3 Å². The highest BCUT2D eigenvalue weighted by molar-refractivity contribution is 5.97. The number of nitrogens with zero attached hydrogens (tertiary/aromatic N) is 3. The molecule has 1 saturated heterocycles. The van der Waals surface area contributed by atoms with E-state index in [4.69, 9.17) is 9.84 Å². The number of carbonyl (C=O) groups is 1. The largest absolute Gasteiger partial charge is 0.394 e. The molecule has 7 heteroatoms. The minimum absolute atomic E-state index is 0.00521. The van der Waals surface area contributed by atoms with Gasteiger partial charge in [0, 0.05) is 18.7 Å². The Morgan fingerprint density at radius 1 is 1.43 bits per heavy atom. The van der Waals surface area contributed by atoms with Crippen LogP contribution in [0.4, 0.5) is 0 Å². The average molecular weight is 290 g/mol. The molecule has 0 spiro atoms. The zero-order valence-electron chi connectivity index (χ0n) is 11.7. The van der Waals surface area contributed by atoms with E-state index in [-0.39, 0.29) is 18.6 Å². The number of fused-ring (bicyclic) bond motifs is 1. The normalized spacial score (nSPS) is 19.1. The van der Waals surface area contributed by atoms with Crippen LogP contribution in [0.1, 0.15) is 23.2 Å². The predicted molar refractivity (Wildman–Crippen MR) is 75.9 cm³/mol. The summed E-state index contributed by atoms with van der Waals surface area (Å²) in [4.78, 5) is 14.3. The fourth-order valence-electron chi connectivity index (χ4n) is 2.63. The van der Waals surface area contributed by atoms with Crippen LogP contribution < -0.4 is 0 Å². The fraction of sp³-hybridized carbons (Fsp3) is 0.500. The molecule has 7 nitrogen and oxygen atoms in total. The molecular weight excluding hydrogens is 272 g/mol. The Hall–Kier alpha value is -1.99. The summed E-state index contributed by atoms with van der Waals surface area (Å²) in [5.41, 5.74) is 2.04. The van der Waals surface area contributed by atoms with Crippen LogP contribution in [0.15, 0.2) is 18.2 Å². The van der Waals surface area contributed by atoms with Gasteiger partial charge in [-0.2, -0.15) is 15.4 Å². The second-order valence-electron chi connectivity index (χ2n) is 5.14. The Bertz CT molecular complexity index is 627. The molecule has 2 N–H and O–H groups in total. The smallest absolute Gasteiger partial charge is 0.254 e. The van der Waals surface area contributed by atoms with E-state index < -0.39 is 0 Å². The van der Waals surface area contributed by atoms with Gasteiger partial charge in [0.25, 0.3) is 5.91 Å². The molecule has 1 unspecified atom stereocenters. The summed E-state index contributed by atoms with van der Waals surface area (Å²) in [5, 5.41) is 19.3. The van der Waals surface area contributed by atoms with Gasteiger partial charge in [0.15, 0.2) is 0 Å². The number of piperidine rings is 1. The molecule has 3 rings (SSSR count). The van der Waals surface area contributed by atoms with Crippen molar-refractivity contribution in [1.82, 2.24) is 20.3 Å². The third-order valence-electron chi connectivity index (χ3n) is 3.67. The van der Waals surface area contributed by atoms with Crippen molar-refractivity contribution in [3.63, 3.8) is 0 Å². The number of H-pyrrole nitrogens is 1. The van der Waals surface area contributed by atoms with Crippen molar-refractivity contribution in [1.29, 1.82) is 0 Å². The van der Waals surface area contributed by atoms with E-state index in [2.05, 4.69) is 15.4 Å². The first-order valence-electron chi connectivity index (χ1n) is 7.10. The molecule has 2 aromatic rings. The van der Waals surface area contributed by atoms with Crippen molar-refractivity contribution in [2.24, 2.45) is 0 Å². The van der Waals surface area contributed by atoms with Gasteiger partial charge < -0.3 is 14.7 Å². The number of nitrogens with one attached hydrogen (secondary N) is 1. The van der Waals surface area contributed by atoms with Crippen molar-refractivity contribution in [3.05, 3.63) is 23.8 Å². The molecule has 1 aliphatic heterocycles. The summed E-state index contributed by atoms with van der Waals surface area (Å²) in [6.45, 7) is 1.62. The van der Waals surface area contributed by atoms with E-state index in [1.807, 2.05) is 0 Å². The number of amides is 1. The van der Waals surface area contributed by atoms with Gasteiger partial charge in [0.2, 0.25) is 0 Å². The van der Waals surface area contributed by atoms with Gasteiger partial charge in [-0.3, -0.25) is 4.79 Å². The number of hydrogen-bond donors (Lipinski definition) is 2. The number of aromatic amines is 1. The number of ether oxygens (including phenoxy) is 1. The van der Waals surface area contributed by atoms with E-state index in [1.165, 1.54) is 0 Å². The maximum atomic E-state index is 12.5. The highest BCUT2D eigenvalue weighted by Crippen LogP contribution is 2.18. The van der Waals surface area contributed by atoms with Crippen LogP contribution >= 0.6 is 0 Å². The van der Waals surface area contributed by atoms with Crippen LogP contribution in [0.3, 0.4) is 0 Å². The number of carbonyl (C=O) groups excluding carboxylic acids is 1. The summed E-state index contributed by atoms with van der Waals surface area (Å²) in [6.07, 6.45) is 1.84. The molecule has 0 saturated carbocycles. The van der Waals surface area contributed by atoms with Gasteiger partial charge in [-0.15, -0.1) is 0 Å². The first-order chi connectivity index (χ1) is 10.3. The van der Waals surface area contributed by atoms with E-state index in [1.54, 1.807) is 23.1 Å². The average Bonchev–Trinajstić information content (AvgIpc) is 3.00. The molecule has 112 valence electrons. The topological polar surface area (TPSA) is 91.3 Å². The van der Waals surface area contributed by atoms with Crippen molar-refractivity contribution in [3.8, 4) is 0 Å². The highest BCUT2D eigenvalue weighted by atomic mass is 16.5. The second-order valence-corrected chi connectivity index (χ2v) is 5.14. The molecule has 1 atom stereocenters. The Labute approximate surface area is 121 Å². The molecule has 1 aliphatic rings. The minimum Gasteiger partial charge on any atom is -0.394 e. The molecule has 0 aliphatic carbocycles. The van der Waals surface area contributed by atoms with Crippen molar-refractivity contribution < 1.29 is 14.6 Å². The summed E-state index contributed by atoms with van der Waals surface area (Å²) >= 11 is 0. The van der Waals surface area contributed by atoms with Gasteiger partial charge in [-0.1, -0.05) is 0 Å². The third-order valence-corrected chi connectivity index (χ3v) is 3.67. The second kappa shape index (κ2) is 6.19. The van der Waals surface area contributed by atoms with Crippen LogP contribution in [0.2, 0.25) is 0 Å². The molecular formula is C14H18N4O3. The number of aliphatic hydroxyl groups is 1. The SMILES string of the molecule is O=C(c1ccc2n[nH]nc2c1)N1CCCC(OCCO)C1. The minimum atomic E-state index is -0.0165. The Kier molecular flexibility index (Phi) is 4.12. The lowest BCUT2D eigenvalue weighted by molar-refractivity contribution is -0.0110. The molecule has 0 bridgehead atoms.